The molecule has 1 aliphatic rings. The lowest BCUT2D eigenvalue weighted by Gasteiger charge is -2.26. The number of benzene rings is 2. The Morgan fingerprint density at radius 1 is 1.04 bits per heavy atom. The molecule has 0 atom stereocenters. The molecule has 1 fully saturated rings. The first kappa shape index (κ1) is 18.7. The number of morpholine rings is 1. The molecule has 0 spiro atoms. The van der Waals surface area contributed by atoms with Gasteiger partial charge >= 0.3 is 0 Å². The fraction of sp³-hybridized carbons (Fsp3) is 0.364. The molecule has 2 aromatic carbocycles. The number of nitrogens with zero attached hydrogens (tertiary/aromatic N) is 2. The Morgan fingerprint density at radius 2 is 1.82 bits per heavy atom. The van der Waals surface area contributed by atoms with Crippen molar-refractivity contribution in [2.45, 2.75) is 12.8 Å². The zero-order valence-corrected chi connectivity index (χ0v) is 15.9. The van der Waals surface area contributed by atoms with Gasteiger partial charge in [0.25, 0.3) is 5.56 Å². The molecular formula is C22H25N3O3. The van der Waals surface area contributed by atoms with Crippen molar-refractivity contribution in [2.75, 3.05) is 39.5 Å². The van der Waals surface area contributed by atoms with Crippen LogP contribution in [0.3, 0.4) is 0 Å². The average Bonchev–Trinajstić information content (AvgIpc) is 2.75. The van der Waals surface area contributed by atoms with Crippen molar-refractivity contribution in [1.82, 2.24) is 14.9 Å². The summed E-state index contributed by atoms with van der Waals surface area (Å²) in [6, 6.07) is 15.1. The van der Waals surface area contributed by atoms with Gasteiger partial charge in [0.05, 0.1) is 30.7 Å². The molecule has 28 heavy (non-hydrogen) atoms. The zero-order chi connectivity index (χ0) is 19.2. The fourth-order valence-electron chi connectivity index (χ4n) is 3.38. The van der Waals surface area contributed by atoms with Crippen LogP contribution in [0, 0.1) is 0 Å². The Balaban J connectivity index is 1.31. The molecule has 0 amide bonds. The summed E-state index contributed by atoms with van der Waals surface area (Å²) in [5.74, 6) is 1.40. The summed E-state index contributed by atoms with van der Waals surface area (Å²) in [5.41, 5.74) is 1.44. The largest absolute Gasteiger partial charge is 0.494 e. The lowest BCUT2D eigenvalue weighted by Crippen LogP contribution is -2.36. The van der Waals surface area contributed by atoms with Gasteiger partial charge in [0.2, 0.25) is 0 Å². The smallest absolute Gasteiger partial charge is 0.259 e. The van der Waals surface area contributed by atoms with E-state index in [0.717, 1.165) is 57.0 Å². The van der Waals surface area contributed by atoms with Gasteiger partial charge in [-0.1, -0.05) is 12.1 Å². The summed E-state index contributed by atoms with van der Waals surface area (Å²) in [5, 5.41) is 0.600. The maximum Gasteiger partial charge on any atom is 0.259 e. The molecular weight excluding hydrogens is 354 g/mol. The van der Waals surface area contributed by atoms with E-state index < -0.39 is 0 Å². The maximum atomic E-state index is 12.2. The van der Waals surface area contributed by atoms with Gasteiger partial charge in [-0.25, -0.2) is 4.98 Å². The number of para-hydroxylation sites is 1. The van der Waals surface area contributed by atoms with Crippen LogP contribution in [0.1, 0.15) is 12.8 Å². The van der Waals surface area contributed by atoms with E-state index in [1.54, 1.807) is 6.07 Å². The van der Waals surface area contributed by atoms with Crippen LogP contribution in [0.5, 0.6) is 5.75 Å². The Hall–Kier alpha value is -2.70. The molecule has 1 N–H and O–H groups in total. The Bertz CT molecular complexity index is 963. The molecule has 3 aromatic rings. The number of hydrogen-bond donors (Lipinski definition) is 1. The Kier molecular flexibility index (Phi) is 5.99. The van der Waals surface area contributed by atoms with E-state index in [-0.39, 0.29) is 5.56 Å². The highest BCUT2D eigenvalue weighted by Crippen LogP contribution is 2.20. The average molecular weight is 379 g/mol. The second-order valence-electron chi connectivity index (χ2n) is 6.97. The third-order valence-corrected chi connectivity index (χ3v) is 4.98. The summed E-state index contributed by atoms with van der Waals surface area (Å²) >= 11 is 0. The number of hydrogen-bond acceptors (Lipinski definition) is 5. The van der Waals surface area contributed by atoms with Crippen LogP contribution >= 0.6 is 0 Å². The van der Waals surface area contributed by atoms with Crippen LogP contribution in [-0.4, -0.2) is 54.3 Å². The van der Waals surface area contributed by atoms with Gasteiger partial charge in [0.1, 0.15) is 11.6 Å². The second-order valence-corrected chi connectivity index (χ2v) is 6.97. The van der Waals surface area contributed by atoms with Crippen LogP contribution in [0.2, 0.25) is 0 Å². The van der Waals surface area contributed by atoms with Crippen molar-refractivity contribution in [1.29, 1.82) is 0 Å². The standard InChI is InChI=1S/C22H25N3O3/c26-22-19-5-1-2-6-20(19)23-21(24-22)17-7-9-18(10-8-17)28-14-4-3-11-25-12-15-27-16-13-25/h1-2,5-10H,3-4,11-16H2,(H,23,24,26). The first-order valence-electron chi connectivity index (χ1n) is 9.82. The lowest BCUT2D eigenvalue weighted by molar-refractivity contribution is 0.0368. The van der Waals surface area contributed by atoms with E-state index in [1.165, 1.54) is 0 Å². The molecule has 0 bridgehead atoms. The van der Waals surface area contributed by atoms with Crippen LogP contribution in [0.25, 0.3) is 22.3 Å². The SMILES string of the molecule is O=c1[nH]c(-c2ccc(OCCCCN3CCOCC3)cc2)nc2ccccc12. The predicted molar refractivity (Wildman–Crippen MR) is 110 cm³/mol. The number of rotatable bonds is 7. The van der Waals surface area contributed by atoms with Gasteiger partial charge in [0, 0.05) is 18.7 Å². The fourth-order valence-corrected chi connectivity index (χ4v) is 3.38. The first-order valence-corrected chi connectivity index (χ1v) is 9.82. The second kappa shape index (κ2) is 8.99. The van der Waals surface area contributed by atoms with Crippen LogP contribution in [-0.2, 0) is 4.74 Å². The molecule has 1 saturated heterocycles. The molecule has 6 nitrogen and oxygen atoms in total. The first-order chi connectivity index (χ1) is 13.8. The van der Waals surface area contributed by atoms with Gasteiger partial charge < -0.3 is 14.5 Å². The minimum atomic E-state index is -0.124. The summed E-state index contributed by atoms with van der Waals surface area (Å²) in [6.45, 7) is 5.57. The Morgan fingerprint density at radius 3 is 2.64 bits per heavy atom. The molecule has 4 rings (SSSR count). The lowest BCUT2D eigenvalue weighted by atomic mass is 10.2. The normalized spacial score (nSPS) is 15.0. The summed E-state index contributed by atoms with van der Waals surface area (Å²) in [6.07, 6.45) is 2.15. The highest BCUT2D eigenvalue weighted by molar-refractivity contribution is 5.79. The zero-order valence-electron chi connectivity index (χ0n) is 15.9. The van der Waals surface area contributed by atoms with Gasteiger partial charge in [-0.2, -0.15) is 0 Å². The van der Waals surface area contributed by atoms with Crippen LogP contribution < -0.4 is 10.3 Å². The quantitative estimate of drug-likeness (QED) is 0.639. The molecule has 6 heteroatoms. The van der Waals surface area contributed by atoms with Crippen molar-refractivity contribution in [2.24, 2.45) is 0 Å². The number of aromatic nitrogens is 2. The molecule has 146 valence electrons. The number of H-pyrrole nitrogens is 1. The number of aromatic amines is 1. The van der Waals surface area contributed by atoms with E-state index in [9.17, 15) is 4.79 Å². The van der Waals surface area contributed by atoms with Crippen LogP contribution in [0.4, 0.5) is 0 Å². The number of nitrogens with one attached hydrogen (secondary N) is 1. The van der Waals surface area contributed by atoms with Gasteiger partial charge in [0.15, 0.2) is 0 Å². The van der Waals surface area contributed by atoms with Crippen molar-refractivity contribution in [3.05, 3.63) is 58.9 Å². The monoisotopic (exact) mass is 379 g/mol. The van der Waals surface area contributed by atoms with E-state index in [2.05, 4.69) is 14.9 Å². The van der Waals surface area contributed by atoms with E-state index in [1.807, 2.05) is 42.5 Å². The van der Waals surface area contributed by atoms with Crippen LogP contribution in [0.15, 0.2) is 53.3 Å². The summed E-state index contributed by atoms with van der Waals surface area (Å²) in [4.78, 5) is 22.1. The van der Waals surface area contributed by atoms with Crippen molar-refractivity contribution in [3.63, 3.8) is 0 Å². The van der Waals surface area contributed by atoms with E-state index in [4.69, 9.17) is 9.47 Å². The third-order valence-electron chi connectivity index (χ3n) is 4.98. The highest BCUT2D eigenvalue weighted by atomic mass is 16.5. The maximum absolute atomic E-state index is 12.2. The topological polar surface area (TPSA) is 67.5 Å². The number of ether oxygens (including phenoxy) is 2. The van der Waals surface area contributed by atoms with E-state index in [0.29, 0.717) is 23.3 Å². The Labute approximate surface area is 164 Å². The van der Waals surface area contributed by atoms with E-state index >= 15 is 0 Å². The minimum Gasteiger partial charge on any atom is -0.494 e. The molecule has 1 aromatic heterocycles. The third kappa shape index (κ3) is 4.58. The molecule has 0 aliphatic carbocycles. The van der Waals surface area contributed by atoms with Crippen molar-refractivity contribution < 1.29 is 9.47 Å². The molecule has 1 aliphatic heterocycles. The number of fused-ring (bicyclic) bond motifs is 1. The predicted octanol–water partition coefficient (Wildman–Crippen LogP) is 3.08. The molecule has 0 saturated carbocycles. The van der Waals surface area contributed by atoms with Gasteiger partial charge in [-0.05, 0) is 55.8 Å². The minimum absolute atomic E-state index is 0.124. The van der Waals surface area contributed by atoms with Crippen molar-refractivity contribution in [3.8, 4) is 17.1 Å². The molecule has 0 unspecified atom stereocenters. The summed E-state index contributed by atoms with van der Waals surface area (Å²) < 4.78 is 11.2. The highest BCUT2D eigenvalue weighted by Gasteiger charge is 2.09. The molecule has 0 radical (unpaired) electrons. The van der Waals surface area contributed by atoms with Gasteiger partial charge in [-0.3, -0.25) is 9.69 Å². The molecule has 2 heterocycles. The van der Waals surface area contributed by atoms with Crippen molar-refractivity contribution >= 4 is 10.9 Å². The van der Waals surface area contributed by atoms with Gasteiger partial charge in [-0.15, -0.1) is 0 Å². The number of unbranched alkanes of at least 4 members (excludes halogenated alkanes) is 1. The summed E-state index contributed by atoms with van der Waals surface area (Å²) in [7, 11) is 0.